The van der Waals surface area contributed by atoms with Gasteiger partial charge in [0.2, 0.25) is 11.8 Å². The van der Waals surface area contributed by atoms with Crippen LogP contribution in [0.25, 0.3) is 0 Å². The molecule has 4 rings (SSSR count). The summed E-state index contributed by atoms with van der Waals surface area (Å²) < 4.78 is 0. The standard InChI is InChI=1S/C23H25N3O3/c1-3-16-9-6-8-15(2)21(16)24-20(27)14-26-18-11-5-4-10-17(18)22(28)25-13-7-12-19(25)23(26)29/h4-6,8-11,19H,3,7,12-14H2,1-2H3,(H,24,27)/t19-/m1/s1. The van der Waals surface area contributed by atoms with Crippen molar-refractivity contribution >= 4 is 29.1 Å². The minimum absolute atomic E-state index is 0.120. The lowest BCUT2D eigenvalue weighted by molar-refractivity contribution is -0.124. The Morgan fingerprint density at radius 1 is 1.14 bits per heavy atom. The van der Waals surface area contributed by atoms with E-state index in [2.05, 4.69) is 5.32 Å². The Labute approximate surface area is 170 Å². The van der Waals surface area contributed by atoms with Crippen LogP contribution in [-0.4, -0.2) is 41.8 Å². The molecule has 150 valence electrons. The number of rotatable bonds is 4. The van der Waals surface area contributed by atoms with Crippen molar-refractivity contribution in [3.8, 4) is 0 Å². The van der Waals surface area contributed by atoms with Gasteiger partial charge in [-0.05, 0) is 49.4 Å². The number of fused-ring (bicyclic) bond motifs is 2. The first-order chi connectivity index (χ1) is 14.0. The molecule has 6 nitrogen and oxygen atoms in total. The largest absolute Gasteiger partial charge is 0.327 e. The van der Waals surface area contributed by atoms with Gasteiger partial charge in [-0.15, -0.1) is 0 Å². The number of amides is 3. The molecular formula is C23H25N3O3. The molecule has 0 unspecified atom stereocenters. The molecule has 1 saturated heterocycles. The number of nitrogens with one attached hydrogen (secondary N) is 1. The Morgan fingerprint density at radius 2 is 1.93 bits per heavy atom. The molecule has 0 bridgehead atoms. The second-order valence-electron chi connectivity index (χ2n) is 7.61. The third kappa shape index (κ3) is 3.39. The molecule has 2 aromatic carbocycles. The molecule has 29 heavy (non-hydrogen) atoms. The Hall–Kier alpha value is -3.15. The molecule has 0 aromatic heterocycles. The van der Waals surface area contributed by atoms with Crippen LogP contribution in [0, 0.1) is 6.92 Å². The predicted molar refractivity (Wildman–Crippen MR) is 112 cm³/mol. The van der Waals surface area contributed by atoms with E-state index in [1.165, 1.54) is 4.90 Å². The molecule has 2 aliphatic rings. The fourth-order valence-corrected chi connectivity index (χ4v) is 4.30. The molecule has 1 N–H and O–H groups in total. The minimum Gasteiger partial charge on any atom is -0.327 e. The highest BCUT2D eigenvalue weighted by Gasteiger charge is 2.42. The number of carbonyl (C=O) groups excluding carboxylic acids is 3. The summed E-state index contributed by atoms with van der Waals surface area (Å²) in [7, 11) is 0. The Balaban J connectivity index is 1.65. The van der Waals surface area contributed by atoms with Crippen LogP contribution in [0.1, 0.15) is 41.3 Å². The molecular weight excluding hydrogens is 366 g/mol. The molecule has 3 amide bonds. The van der Waals surface area contributed by atoms with Gasteiger partial charge in [0.15, 0.2) is 0 Å². The summed E-state index contributed by atoms with van der Waals surface area (Å²) in [6.45, 7) is 4.45. The second kappa shape index (κ2) is 7.70. The number of benzene rings is 2. The molecule has 0 spiro atoms. The number of anilines is 2. The van der Waals surface area contributed by atoms with Crippen molar-refractivity contribution in [2.24, 2.45) is 0 Å². The lowest BCUT2D eigenvalue weighted by Crippen LogP contribution is -2.47. The third-order valence-electron chi connectivity index (χ3n) is 5.80. The number of aryl methyl sites for hydroxylation is 2. The maximum atomic E-state index is 13.3. The topological polar surface area (TPSA) is 69.7 Å². The molecule has 2 aromatic rings. The average Bonchev–Trinajstić information content (AvgIpc) is 3.20. The van der Waals surface area contributed by atoms with Crippen molar-refractivity contribution in [3.05, 3.63) is 59.2 Å². The van der Waals surface area contributed by atoms with E-state index in [0.29, 0.717) is 24.2 Å². The first kappa shape index (κ1) is 19.2. The summed E-state index contributed by atoms with van der Waals surface area (Å²) in [5, 5.41) is 2.99. The van der Waals surface area contributed by atoms with Crippen LogP contribution >= 0.6 is 0 Å². The van der Waals surface area contributed by atoms with E-state index in [0.717, 1.165) is 29.7 Å². The number of hydrogen-bond donors (Lipinski definition) is 1. The van der Waals surface area contributed by atoms with E-state index in [1.807, 2.05) is 32.0 Å². The SMILES string of the molecule is CCc1cccc(C)c1NC(=O)CN1C(=O)[C@H]2CCCN2C(=O)c2ccccc21. The van der Waals surface area contributed by atoms with Gasteiger partial charge in [-0.25, -0.2) is 0 Å². The summed E-state index contributed by atoms with van der Waals surface area (Å²) in [5.41, 5.74) is 3.82. The lowest BCUT2D eigenvalue weighted by Gasteiger charge is -2.25. The van der Waals surface area contributed by atoms with Crippen LogP contribution < -0.4 is 10.2 Å². The maximum absolute atomic E-state index is 13.3. The smallest absolute Gasteiger partial charge is 0.256 e. The Bertz CT molecular complexity index is 985. The summed E-state index contributed by atoms with van der Waals surface area (Å²) in [5.74, 6) is -0.584. The summed E-state index contributed by atoms with van der Waals surface area (Å²) in [4.78, 5) is 42.3. The summed E-state index contributed by atoms with van der Waals surface area (Å²) >= 11 is 0. The zero-order chi connectivity index (χ0) is 20.5. The molecule has 2 aliphatic heterocycles. The van der Waals surface area contributed by atoms with Gasteiger partial charge in [-0.3, -0.25) is 14.4 Å². The van der Waals surface area contributed by atoms with Gasteiger partial charge >= 0.3 is 0 Å². The van der Waals surface area contributed by atoms with E-state index in [-0.39, 0.29) is 24.3 Å². The van der Waals surface area contributed by atoms with E-state index in [1.54, 1.807) is 29.2 Å². The molecule has 0 aliphatic carbocycles. The highest BCUT2D eigenvalue weighted by molar-refractivity contribution is 6.13. The quantitative estimate of drug-likeness (QED) is 0.870. The number of carbonyl (C=O) groups is 3. The normalized spacial score (nSPS) is 18.3. The zero-order valence-electron chi connectivity index (χ0n) is 16.8. The van der Waals surface area contributed by atoms with Crippen LogP contribution in [0.4, 0.5) is 11.4 Å². The monoisotopic (exact) mass is 391 g/mol. The van der Waals surface area contributed by atoms with E-state index < -0.39 is 6.04 Å². The van der Waals surface area contributed by atoms with Crippen molar-refractivity contribution in [2.75, 3.05) is 23.3 Å². The molecule has 0 saturated carbocycles. The van der Waals surface area contributed by atoms with Crippen LogP contribution in [0.3, 0.4) is 0 Å². The van der Waals surface area contributed by atoms with Gasteiger partial charge < -0.3 is 15.1 Å². The number of para-hydroxylation sites is 2. The molecule has 6 heteroatoms. The number of hydrogen-bond acceptors (Lipinski definition) is 3. The fraction of sp³-hybridized carbons (Fsp3) is 0.348. The van der Waals surface area contributed by atoms with Crippen molar-refractivity contribution in [1.29, 1.82) is 0 Å². The molecule has 1 fully saturated rings. The average molecular weight is 391 g/mol. The lowest BCUT2D eigenvalue weighted by atomic mass is 10.1. The summed E-state index contributed by atoms with van der Waals surface area (Å²) in [6.07, 6.45) is 2.23. The van der Waals surface area contributed by atoms with Gasteiger partial charge in [0.05, 0.1) is 11.3 Å². The fourth-order valence-electron chi connectivity index (χ4n) is 4.30. The minimum atomic E-state index is -0.493. The number of nitrogens with zero attached hydrogens (tertiary/aromatic N) is 2. The summed E-state index contributed by atoms with van der Waals surface area (Å²) in [6, 6.07) is 12.5. The highest BCUT2D eigenvalue weighted by atomic mass is 16.2. The Morgan fingerprint density at radius 3 is 2.72 bits per heavy atom. The van der Waals surface area contributed by atoms with Gasteiger partial charge in [0.1, 0.15) is 12.6 Å². The maximum Gasteiger partial charge on any atom is 0.256 e. The Kier molecular flexibility index (Phi) is 5.09. The zero-order valence-corrected chi connectivity index (χ0v) is 16.8. The van der Waals surface area contributed by atoms with Crippen molar-refractivity contribution in [1.82, 2.24) is 4.90 Å². The van der Waals surface area contributed by atoms with Gasteiger partial charge in [0.25, 0.3) is 5.91 Å². The van der Waals surface area contributed by atoms with Crippen molar-refractivity contribution in [2.45, 2.75) is 39.2 Å². The van der Waals surface area contributed by atoms with E-state index >= 15 is 0 Å². The van der Waals surface area contributed by atoms with Gasteiger partial charge in [-0.1, -0.05) is 37.3 Å². The van der Waals surface area contributed by atoms with E-state index in [4.69, 9.17) is 0 Å². The van der Waals surface area contributed by atoms with Crippen LogP contribution in [0.2, 0.25) is 0 Å². The molecule has 0 radical (unpaired) electrons. The van der Waals surface area contributed by atoms with Crippen LogP contribution in [-0.2, 0) is 16.0 Å². The van der Waals surface area contributed by atoms with Crippen LogP contribution in [0.5, 0.6) is 0 Å². The highest BCUT2D eigenvalue weighted by Crippen LogP contribution is 2.32. The van der Waals surface area contributed by atoms with Gasteiger partial charge in [-0.2, -0.15) is 0 Å². The predicted octanol–water partition coefficient (Wildman–Crippen LogP) is 3.15. The molecule has 2 heterocycles. The van der Waals surface area contributed by atoms with Crippen molar-refractivity contribution < 1.29 is 14.4 Å². The first-order valence-electron chi connectivity index (χ1n) is 10.1. The van der Waals surface area contributed by atoms with E-state index in [9.17, 15) is 14.4 Å². The molecule has 1 atom stereocenters. The third-order valence-corrected chi connectivity index (χ3v) is 5.80. The second-order valence-corrected chi connectivity index (χ2v) is 7.61. The first-order valence-corrected chi connectivity index (χ1v) is 10.1. The van der Waals surface area contributed by atoms with Crippen LogP contribution in [0.15, 0.2) is 42.5 Å². The van der Waals surface area contributed by atoms with Gasteiger partial charge in [0, 0.05) is 12.2 Å². The van der Waals surface area contributed by atoms with Crippen molar-refractivity contribution in [3.63, 3.8) is 0 Å².